The highest BCUT2D eigenvalue weighted by molar-refractivity contribution is 5.90. The van der Waals surface area contributed by atoms with Crippen LogP contribution in [0.1, 0.15) is 25.3 Å². The predicted octanol–water partition coefficient (Wildman–Crippen LogP) is 2.09. The number of amides is 2. The quantitative estimate of drug-likeness (QED) is 0.907. The Labute approximate surface area is 136 Å². The highest BCUT2D eigenvalue weighted by Crippen LogP contribution is 2.18. The molecule has 0 aliphatic carbocycles. The second-order valence-corrected chi connectivity index (χ2v) is 6.40. The molecule has 122 valence electrons. The fraction of sp³-hybridized carbons (Fsp3) is 0.444. The molecule has 1 aliphatic heterocycles. The summed E-state index contributed by atoms with van der Waals surface area (Å²) in [6.45, 7) is 3.86. The van der Waals surface area contributed by atoms with E-state index in [2.05, 4.69) is 17.2 Å². The van der Waals surface area contributed by atoms with Crippen LogP contribution in [0.4, 0.5) is 0 Å². The molecule has 1 unspecified atom stereocenters. The van der Waals surface area contributed by atoms with Crippen molar-refractivity contribution in [3.05, 3.63) is 36.0 Å². The summed E-state index contributed by atoms with van der Waals surface area (Å²) in [5.41, 5.74) is 1.98. The van der Waals surface area contributed by atoms with Crippen molar-refractivity contribution in [1.82, 2.24) is 15.2 Å². The number of para-hydroxylation sites is 1. The minimum absolute atomic E-state index is 0.0174. The SMILES string of the molecule is CC1CCCN(C(=O)CNC(=O)Cc2c[nH]c3ccccc23)C1. The fourth-order valence-electron chi connectivity index (χ4n) is 3.22. The van der Waals surface area contributed by atoms with Gasteiger partial charge in [-0.3, -0.25) is 9.59 Å². The minimum atomic E-state index is -0.117. The zero-order valence-corrected chi connectivity index (χ0v) is 13.5. The third kappa shape index (κ3) is 3.73. The Bertz CT molecular complexity index is 707. The summed E-state index contributed by atoms with van der Waals surface area (Å²) < 4.78 is 0. The van der Waals surface area contributed by atoms with E-state index in [-0.39, 0.29) is 24.8 Å². The van der Waals surface area contributed by atoms with E-state index in [9.17, 15) is 9.59 Å². The Morgan fingerprint density at radius 3 is 3.00 bits per heavy atom. The summed E-state index contributed by atoms with van der Waals surface area (Å²) in [6.07, 6.45) is 4.37. The maximum Gasteiger partial charge on any atom is 0.241 e. The molecule has 2 amide bonds. The van der Waals surface area contributed by atoms with Crippen LogP contribution in [0.5, 0.6) is 0 Å². The molecule has 0 saturated carbocycles. The van der Waals surface area contributed by atoms with Crippen molar-refractivity contribution in [3.8, 4) is 0 Å². The van der Waals surface area contributed by atoms with Crippen molar-refractivity contribution in [2.45, 2.75) is 26.2 Å². The van der Waals surface area contributed by atoms with Gasteiger partial charge >= 0.3 is 0 Å². The lowest BCUT2D eigenvalue weighted by molar-refractivity contribution is -0.134. The molecule has 1 saturated heterocycles. The third-order valence-electron chi connectivity index (χ3n) is 4.47. The summed E-state index contributed by atoms with van der Waals surface area (Å²) >= 11 is 0. The fourth-order valence-corrected chi connectivity index (χ4v) is 3.22. The molecule has 1 aliphatic rings. The summed E-state index contributed by atoms with van der Waals surface area (Å²) in [5.74, 6) is 0.451. The van der Waals surface area contributed by atoms with E-state index in [4.69, 9.17) is 0 Å². The first-order valence-corrected chi connectivity index (χ1v) is 8.23. The van der Waals surface area contributed by atoms with Crippen LogP contribution in [0, 0.1) is 5.92 Å². The van der Waals surface area contributed by atoms with Gasteiger partial charge in [0.15, 0.2) is 0 Å². The molecule has 1 fully saturated rings. The van der Waals surface area contributed by atoms with Gasteiger partial charge in [0, 0.05) is 30.2 Å². The Kier molecular flexibility index (Phi) is 4.65. The van der Waals surface area contributed by atoms with Gasteiger partial charge < -0.3 is 15.2 Å². The van der Waals surface area contributed by atoms with Crippen LogP contribution in [-0.2, 0) is 16.0 Å². The maximum atomic E-state index is 12.2. The largest absolute Gasteiger partial charge is 0.361 e. The first-order chi connectivity index (χ1) is 11.1. The molecule has 0 bridgehead atoms. The number of likely N-dealkylation sites (tertiary alicyclic amines) is 1. The monoisotopic (exact) mass is 313 g/mol. The molecule has 1 aromatic heterocycles. The van der Waals surface area contributed by atoms with Crippen LogP contribution in [0.15, 0.2) is 30.5 Å². The van der Waals surface area contributed by atoms with E-state index in [0.29, 0.717) is 5.92 Å². The molecule has 2 N–H and O–H groups in total. The van der Waals surface area contributed by atoms with Crippen molar-refractivity contribution >= 4 is 22.7 Å². The second kappa shape index (κ2) is 6.86. The van der Waals surface area contributed by atoms with E-state index in [1.54, 1.807) is 0 Å². The number of fused-ring (bicyclic) bond motifs is 1. The van der Waals surface area contributed by atoms with Crippen molar-refractivity contribution in [1.29, 1.82) is 0 Å². The summed E-state index contributed by atoms with van der Waals surface area (Å²) in [4.78, 5) is 29.3. The molecule has 1 atom stereocenters. The van der Waals surface area contributed by atoms with Crippen molar-refractivity contribution in [3.63, 3.8) is 0 Å². The lowest BCUT2D eigenvalue weighted by atomic mass is 10.0. The van der Waals surface area contributed by atoms with Crippen molar-refractivity contribution in [2.24, 2.45) is 5.92 Å². The number of hydrogen-bond acceptors (Lipinski definition) is 2. The average molecular weight is 313 g/mol. The van der Waals surface area contributed by atoms with E-state index in [1.165, 1.54) is 6.42 Å². The van der Waals surface area contributed by atoms with Gasteiger partial charge in [-0.05, 0) is 30.4 Å². The zero-order chi connectivity index (χ0) is 16.2. The normalized spacial score (nSPS) is 18.1. The summed E-state index contributed by atoms with van der Waals surface area (Å²) in [6, 6.07) is 7.89. The smallest absolute Gasteiger partial charge is 0.241 e. The maximum absolute atomic E-state index is 12.2. The molecular formula is C18H23N3O2. The van der Waals surface area contributed by atoms with Crippen LogP contribution in [0.3, 0.4) is 0 Å². The molecule has 2 heterocycles. The number of piperidine rings is 1. The lowest BCUT2D eigenvalue weighted by Gasteiger charge is -2.31. The van der Waals surface area contributed by atoms with Gasteiger partial charge in [0.25, 0.3) is 0 Å². The number of carbonyl (C=O) groups is 2. The molecular weight excluding hydrogens is 290 g/mol. The third-order valence-corrected chi connectivity index (χ3v) is 4.47. The van der Waals surface area contributed by atoms with Gasteiger partial charge in [0.2, 0.25) is 11.8 Å². The second-order valence-electron chi connectivity index (χ2n) is 6.40. The first kappa shape index (κ1) is 15.6. The van der Waals surface area contributed by atoms with E-state index in [0.717, 1.165) is 36.0 Å². The Hall–Kier alpha value is -2.30. The highest BCUT2D eigenvalue weighted by Gasteiger charge is 2.21. The average Bonchev–Trinajstić information content (AvgIpc) is 2.96. The Balaban J connectivity index is 1.52. The zero-order valence-electron chi connectivity index (χ0n) is 13.5. The van der Waals surface area contributed by atoms with Crippen LogP contribution >= 0.6 is 0 Å². The van der Waals surface area contributed by atoms with Gasteiger partial charge in [0.1, 0.15) is 0 Å². The molecule has 5 nitrogen and oxygen atoms in total. The number of benzene rings is 1. The van der Waals surface area contributed by atoms with Gasteiger partial charge in [-0.2, -0.15) is 0 Å². The standard InChI is InChI=1S/C18H23N3O2/c1-13-5-4-8-21(12-13)18(23)11-20-17(22)9-14-10-19-16-7-3-2-6-15(14)16/h2-3,6-7,10,13,19H,4-5,8-9,11-12H2,1H3,(H,20,22). The molecule has 5 heteroatoms. The summed E-state index contributed by atoms with van der Waals surface area (Å²) in [7, 11) is 0. The predicted molar refractivity (Wildman–Crippen MR) is 90.0 cm³/mol. The van der Waals surface area contributed by atoms with E-state index >= 15 is 0 Å². The molecule has 0 spiro atoms. The van der Waals surface area contributed by atoms with Gasteiger partial charge in [0.05, 0.1) is 13.0 Å². The van der Waals surface area contributed by atoms with Crippen LogP contribution < -0.4 is 5.32 Å². The van der Waals surface area contributed by atoms with Gasteiger partial charge in [-0.15, -0.1) is 0 Å². The number of H-pyrrole nitrogens is 1. The number of rotatable bonds is 4. The van der Waals surface area contributed by atoms with Crippen LogP contribution in [-0.4, -0.2) is 41.3 Å². The number of nitrogens with zero attached hydrogens (tertiary/aromatic N) is 1. The number of aromatic nitrogens is 1. The highest BCUT2D eigenvalue weighted by atomic mass is 16.2. The van der Waals surface area contributed by atoms with Gasteiger partial charge in [-0.1, -0.05) is 25.1 Å². The molecule has 0 radical (unpaired) electrons. The molecule has 1 aromatic carbocycles. The minimum Gasteiger partial charge on any atom is -0.361 e. The Morgan fingerprint density at radius 2 is 2.17 bits per heavy atom. The topological polar surface area (TPSA) is 65.2 Å². The molecule has 23 heavy (non-hydrogen) atoms. The number of carbonyl (C=O) groups excluding carboxylic acids is 2. The van der Waals surface area contributed by atoms with Crippen molar-refractivity contribution in [2.75, 3.05) is 19.6 Å². The summed E-state index contributed by atoms with van der Waals surface area (Å²) in [5, 5.41) is 3.81. The molecule has 3 rings (SSSR count). The van der Waals surface area contributed by atoms with E-state index in [1.807, 2.05) is 35.4 Å². The Morgan fingerprint density at radius 1 is 1.35 bits per heavy atom. The number of aromatic amines is 1. The lowest BCUT2D eigenvalue weighted by Crippen LogP contribution is -2.44. The first-order valence-electron chi connectivity index (χ1n) is 8.23. The van der Waals surface area contributed by atoms with E-state index < -0.39 is 0 Å². The number of hydrogen-bond donors (Lipinski definition) is 2. The van der Waals surface area contributed by atoms with Gasteiger partial charge in [-0.25, -0.2) is 0 Å². The number of nitrogens with one attached hydrogen (secondary N) is 2. The van der Waals surface area contributed by atoms with Crippen LogP contribution in [0.2, 0.25) is 0 Å². The van der Waals surface area contributed by atoms with Crippen LogP contribution in [0.25, 0.3) is 10.9 Å². The molecule has 2 aromatic rings. The van der Waals surface area contributed by atoms with Crippen molar-refractivity contribution < 1.29 is 9.59 Å².